The molecule has 1 aliphatic rings. The lowest BCUT2D eigenvalue weighted by molar-refractivity contribution is 0.100. The van der Waals surface area contributed by atoms with Crippen LogP contribution in [0.1, 0.15) is 48.8 Å². The Morgan fingerprint density at radius 1 is 1.38 bits per heavy atom. The Morgan fingerprint density at radius 2 is 2.12 bits per heavy atom. The number of benzene rings is 1. The van der Waals surface area contributed by atoms with E-state index in [4.69, 9.17) is 5.73 Å². The SMILES string of the molecule is C=C(C)C(CCC)CNc1nc(Nc2ccc3c(c2)C(NC)NN3C)c(C(N)=O)cc1F. The number of aromatic nitrogens is 1. The van der Waals surface area contributed by atoms with E-state index >= 15 is 0 Å². The highest BCUT2D eigenvalue weighted by Crippen LogP contribution is 2.34. The van der Waals surface area contributed by atoms with Gasteiger partial charge in [0.15, 0.2) is 11.6 Å². The zero-order valence-electron chi connectivity index (χ0n) is 19.1. The van der Waals surface area contributed by atoms with E-state index < -0.39 is 11.7 Å². The molecule has 0 spiro atoms. The summed E-state index contributed by atoms with van der Waals surface area (Å²) in [4.78, 5) is 16.3. The van der Waals surface area contributed by atoms with E-state index in [2.05, 4.69) is 39.9 Å². The van der Waals surface area contributed by atoms with Gasteiger partial charge >= 0.3 is 0 Å². The van der Waals surface area contributed by atoms with Crippen molar-refractivity contribution in [1.29, 1.82) is 0 Å². The minimum absolute atomic E-state index is 0.0148. The molecule has 0 saturated carbocycles. The third kappa shape index (κ3) is 5.00. The first-order valence-corrected chi connectivity index (χ1v) is 10.7. The number of amides is 1. The summed E-state index contributed by atoms with van der Waals surface area (Å²) in [5.74, 6) is -0.920. The van der Waals surface area contributed by atoms with Crippen LogP contribution in [0, 0.1) is 11.7 Å². The lowest BCUT2D eigenvalue weighted by Crippen LogP contribution is -2.35. The van der Waals surface area contributed by atoms with Crippen molar-refractivity contribution < 1.29 is 9.18 Å². The molecule has 1 aromatic heterocycles. The molecule has 9 heteroatoms. The number of nitrogens with zero attached hydrogens (tertiary/aromatic N) is 2. The number of hydrogen-bond acceptors (Lipinski definition) is 7. The largest absolute Gasteiger partial charge is 0.367 e. The third-order valence-electron chi connectivity index (χ3n) is 5.67. The fourth-order valence-electron chi connectivity index (χ4n) is 3.85. The predicted octanol–water partition coefficient (Wildman–Crippen LogP) is 3.64. The number of hydrazine groups is 1. The number of pyridine rings is 1. The molecule has 0 saturated heterocycles. The number of fused-ring (bicyclic) bond motifs is 1. The molecule has 0 radical (unpaired) electrons. The average Bonchev–Trinajstić information content (AvgIpc) is 3.07. The first kappa shape index (κ1) is 23.5. The number of anilines is 4. The number of nitrogens with two attached hydrogens (primary N) is 1. The molecule has 2 aromatic rings. The molecular weight excluding hydrogens is 409 g/mol. The Balaban J connectivity index is 1.89. The average molecular weight is 442 g/mol. The van der Waals surface area contributed by atoms with Crippen LogP contribution in [0.5, 0.6) is 0 Å². The third-order valence-corrected chi connectivity index (χ3v) is 5.67. The van der Waals surface area contributed by atoms with Crippen LogP contribution in [-0.4, -0.2) is 31.5 Å². The van der Waals surface area contributed by atoms with Gasteiger partial charge in [-0.25, -0.2) is 14.8 Å². The number of rotatable bonds is 10. The lowest BCUT2D eigenvalue weighted by Gasteiger charge is -2.19. The van der Waals surface area contributed by atoms with Gasteiger partial charge < -0.3 is 21.4 Å². The summed E-state index contributed by atoms with van der Waals surface area (Å²) in [6.07, 6.45) is 1.89. The minimum atomic E-state index is -0.757. The number of hydrogen-bond donors (Lipinski definition) is 5. The van der Waals surface area contributed by atoms with Gasteiger partial charge in [0.1, 0.15) is 12.0 Å². The molecule has 0 aliphatic carbocycles. The highest BCUT2D eigenvalue weighted by Gasteiger charge is 2.25. The number of carbonyl (C=O) groups excluding carboxylic acids is 1. The van der Waals surface area contributed by atoms with Crippen LogP contribution in [0.2, 0.25) is 0 Å². The van der Waals surface area contributed by atoms with Gasteiger partial charge in [-0.2, -0.15) is 0 Å². The summed E-state index contributed by atoms with van der Waals surface area (Å²) in [5, 5.41) is 11.3. The topological polar surface area (TPSA) is 107 Å². The highest BCUT2D eigenvalue weighted by molar-refractivity contribution is 5.98. The van der Waals surface area contributed by atoms with E-state index in [1.54, 1.807) is 0 Å². The molecule has 172 valence electrons. The van der Waals surface area contributed by atoms with Crippen molar-refractivity contribution in [2.45, 2.75) is 32.9 Å². The number of nitrogens with one attached hydrogen (secondary N) is 4. The Labute approximate surface area is 188 Å². The molecule has 1 aliphatic heterocycles. The standard InChI is InChI=1S/C23H32FN7O/c1-6-7-14(13(2)3)12-27-23-18(24)11-17(20(25)32)22(29-23)28-15-8-9-19-16(10-15)21(26-4)30-31(19)5/h8-11,14,21,26,30H,2,6-7,12H2,1,3-5H3,(H2,25,32)(H2,27,28,29). The normalized spacial score (nSPS) is 15.9. The zero-order valence-corrected chi connectivity index (χ0v) is 19.1. The van der Waals surface area contributed by atoms with E-state index in [9.17, 15) is 9.18 Å². The van der Waals surface area contributed by atoms with E-state index in [0.717, 1.165) is 35.7 Å². The van der Waals surface area contributed by atoms with Crippen LogP contribution in [0.25, 0.3) is 0 Å². The maximum Gasteiger partial charge on any atom is 0.252 e. The summed E-state index contributed by atoms with van der Waals surface area (Å²) in [6.45, 7) is 8.59. The maximum absolute atomic E-state index is 14.7. The van der Waals surface area contributed by atoms with Crippen molar-refractivity contribution in [3.05, 3.63) is 53.4 Å². The second-order valence-corrected chi connectivity index (χ2v) is 8.10. The van der Waals surface area contributed by atoms with Crippen LogP contribution in [0.3, 0.4) is 0 Å². The van der Waals surface area contributed by atoms with Gasteiger partial charge in [-0.1, -0.05) is 25.5 Å². The van der Waals surface area contributed by atoms with E-state index in [-0.39, 0.29) is 29.3 Å². The molecule has 8 nitrogen and oxygen atoms in total. The van der Waals surface area contributed by atoms with Crippen molar-refractivity contribution in [1.82, 2.24) is 15.7 Å². The van der Waals surface area contributed by atoms with Crippen molar-refractivity contribution in [3.8, 4) is 0 Å². The predicted molar refractivity (Wildman–Crippen MR) is 127 cm³/mol. The van der Waals surface area contributed by atoms with Gasteiger partial charge in [0.2, 0.25) is 0 Å². The quantitative estimate of drug-likeness (QED) is 0.358. The number of primary amides is 1. The second kappa shape index (κ2) is 9.97. The van der Waals surface area contributed by atoms with Crippen LogP contribution < -0.4 is 32.1 Å². The van der Waals surface area contributed by atoms with E-state index in [1.165, 1.54) is 0 Å². The first-order chi connectivity index (χ1) is 15.2. The first-order valence-electron chi connectivity index (χ1n) is 10.7. The van der Waals surface area contributed by atoms with Gasteiger partial charge in [-0.15, -0.1) is 0 Å². The van der Waals surface area contributed by atoms with Crippen molar-refractivity contribution in [2.24, 2.45) is 11.7 Å². The molecule has 2 atom stereocenters. The Kier molecular flexibility index (Phi) is 7.32. The van der Waals surface area contributed by atoms with Gasteiger partial charge in [-0.3, -0.25) is 10.1 Å². The lowest BCUT2D eigenvalue weighted by atomic mass is 9.97. The molecule has 0 bridgehead atoms. The molecule has 3 rings (SSSR count). The molecule has 0 fully saturated rings. The molecule has 2 unspecified atom stereocenters. The summed E-state index contributed by atoms with van der Waals surface area (Å²) in [5.41, 5.74) is 12.6. The van der Waals surface area contributed by atoms with Crippen LogP contribution >= 0.6 is 0 Å². The number of halogens is 1. The van der Waals surface area contributed by atoms with Crippen LogP contribution in [0.4, 0.5) is 27.4 Å². The Hall–Kier alpha value is -3.17. The number of carbonyl (C=O) groups is 1. The van der Waals surface area contributed by atoms with Gasteiger partial charge in [0.25, 0.3) is 5.91 Å². The van der Waals surface area contributed by atoms with Gasteiger partial charge in [-0.05, 0) is 50.6 Å². The van der Waals surface area contributed by atoms with E-state index in [0.29, 0.717) is 12.2 Å². The zero-order chi connectivity index (χ0) is 23.4. The van der Waals surface area contributed by atoms with Crippen molar-refractivity contribution >= 4 is 28.9 Å². The van der Waals surface area contributed by atoms with E-state index in [1.807, 2.05) is 44.2 Å². The van der Waals surface area contributed by atoms with Gasteiger partial charge in [0.05, 0.1) is 11.3 Å². The molecule has 1 amide bonds. The molecular formula is C23H32FN7O. The Morgan fingerprint density at radius 3 is 2.75 bits per heavy atom. The fourth-order valence-corrected chi connectivity index (χ4v) is 3.85. The summed E-state index contributed by atoms with van der Waals surface area (Å²) in [7, 11) is 3.80. The van der Waals surface area contributed by atoms with Crippen LogP contribution in [-0.2, 0) is 0 Å². The summed E-state index contributed by atoms with van der Waals surface area (Å²) in [6, 6.07) is 6.90. The highest BCUT2D eigenvalue weighted by atomic mass is 19.1. The molecule has 6 N–H and O–H groups in total. The smallest absolute Gasteiger partial charge is 0.252 e. The second-order valence-electron chi connectivity index (χ2n) is 8.10. The van der Waals surface area contributed by atoms with Crippen molar-refractivity contribution in [2.75, 3.05) is 36.3 Å². The fraction of sp³-hybridized carbons (Fsp3) is 0.391. The van der Waals surface area contributed by atoms with Crippen molar-refractivity contribution in [3.63, 3.8) is 0 Å². The maximum atomic E-state index is 14.7. The van der Waals surface area contributed by atoms with Gasteiger partial charge in [0, 0.05) is 24.8 Å². The Bertz CT molecular complexity index is 1010. The molecule has 2 heterocycles. The molecule has 32 heavy (non-hydrogen) atoms. The monoisotopic (exact) mass is 441 g/mol. The van der Waals surface area contributed by atoms with Crippen LogP contribution in [0.15, 0.2) is 36.4 Å². The summed E-state index contributed by atoms with van der Waals surface area (Å²) < 4.78 is 14.7. The minimum Gasteiger partial charge on any atom is -0.367 e. The summed E-state index contributed by atoms with van der Waals surface area (Å²) >= 11 is 0. The molecule has 1 aromatic carbocycles.